The van der Waals surface area contributed by atoms with E-state index >= 15 is 0 Å². The second kappa shape index (κ2) is 8.66. The molecular formula is C17H16F3NO3S. The predicted octanol–water partition coefficient (Wildman–Crippen LogP) is 4.47. The molecule has 0 heterocycles. The summed E-state index contributed by atoms with van der Waals surface area (Å²) in [5.41, 5.74) is 1.47. The number of halogens is 3. The number of thioether (sulfide) groups is 1. The Labute approximate surface area is 147 Å². The highest BCUT2D eigenvalue weighted by molar-refractivity contribution is 7.99. The van der Waals surface area contributed by atoms with Crippen molar-refractivity contribution in [3.05, 3.63) is 54.1 Å². The van der Waals surface area contributed by atoms with Crippen LogP contribution in [-0.4, -0.2) is 25.1 Å². The van der Waals surface area contributed by atoms with Gasteiger partial charge in [0.05, 0.1) is 12.9 Å². The van der Waals surface area contributed by atoms with Crippen LogP contribution in [0.2, 0.25) is 0 Å². The van der Waals surface area contributed by atoms with Gasteiger partial charge in [-0.15, -0.1) is 24.9 Å². The third-order valence-electron chi connectivity index (χ3n) is 3.03. The number of amides is 1. The standard InChI is InChI=1S/C17H16F3NO3S/c1-23-14-6-2-12(3-7-14)10-25-11-16(22)21-13-4-8-15(9-5-13)24-17(18,19)20/h2-9H,10-11H2,1H3,(H,21,22). The van der Waals surface area contributed by atoms with E-state index in [1.54, 1.807) is 7.11 Å². The van der Waals surface area contributed by atoms with Crippen molar-refractivity contribution in [3.63, 3.8) is 0 Å². The number of hydrogen-bond donors (Lipinski definition) is 1. The number of alkyl halides is 3. The van der Waals surface area contributed by atoms with Gasteiger partial charge in [0, 0.05) is 11.4 Å². The van der Waals surface area contributed by atoms with Crippen LogP contribution in [-0.2, 0) is 10.5 Å². The van der Waals surface area contributed by atoms with Crippen molar-refractivity contribution in [2.75, 3.05) is 18.2 Å². The van der Waals surface area contributed by atoms with Crippen LogP contribution in [0.1, 0.15) is 5.56 Å². The number of carbonyl (C=O) groups is 1. The third-order valence-corrected chi connectivity index (χ3v) is 4.04. The first-order valence-corrected chi connectivity index (χ1v) is 8.37. The van der Waals surface area contributed by atoms with Gasteiger partial charge in [-0.05, 0) is 42.0 Å². The van der Waals surface area contributed by atoms with E-state index in [9.17, 15) is 18.0 Å². The van der Waals surface area contributed by atoms with Gasteiger partial charge < -0.3 is 14.8 Å². The second-order valence-corrected chi connectivity index (χ2v) is 5.95. The number of benzene rings is 2. The number of methoxy groups -OCH3 is 1. The molecule has 134 valence electrons. The maximum Gasteiger partial charge on any atom is 0.573 e. The Hall–Kier alpha value is -2.35. The minimum absolute atomic E-state index is 0.229. The highest BCUT2D eigenvalue weighted by atomic mass is 32.2. The van der Waals surface area contributed by atoms with Crippen LogP contribution in [0.25, 0.3) is 0 Å². The molecule has 0 aliphatic heterocycles. The normalized spacial score (nSPS) is 11.0. The molecule has 8 heteroatoms. The maximum absolute atomic E-state index is 12.1. The van der Waals surface area contributed by atoms with Crippen LogP contribution in [0.3, 0.4) is 0 Å². The number of rotatable bonds is 7. The quantitative estimate of drug-likeness (QED) is 0.780. The first kappa shape index (κ1) is 19.0. The van der Waals surface area contributed by atoms with Crippen LogP contribution >= 0.6 is 11.8 Å². The van der Waals surface area contributed by atoms with Gasteiger partial charge in [0.1, 0.15) is 11.5 Å². The van der Waals surface area contributed by atoms with Gasteiger partial charge in [-0.25, -0.2) is 0 Å². The largest absolute Gasteiger partial charge is 0.573 e. The summed E-state index contributed by atoms with van der Waals surface area (Å²) in [5.74, 6) is 1.09. The molecule has 0 atom stereocenters. The van der Waals surface area contributed by atoms with E-state index in [-0.39, 0.29) is 17.4 Å². The molecule has 0 saturated heterocycles. The Morgan fingerprint density at radius 1 is 1.04 bits per heavy atom. The van der Waals surface area contributed by atoms with Crippen molar-refractivity contribution < 1.29 is 27.4 Å². The fourth-order valence-electron chi connectivity index (χ4n) is 1.92. The van der Waals surface area contributed by atoms with Crippen molar-refractivity contribution in [3.8, 4) is 11.5 Å². The highest BCUT2D eigenvalue weighted by Crippen LogP contribution is 2.24. The van der Waals surface area contributed by atoms with E-state index < -0.39 is 6.36 Å². The van der Waals surface area contributed by atoms with Gasteiger partial charge in [0.15, 0.2) is 0 Å². The lowest BCUT2D eigenvalue weighted by Gasteiger charge is -2.10. The molecule has 1 N–H and O–H groups in total. The van der Waals surface area contributed by atoms with Gasteiger partial charge in [-0.1, -0.05) is 12.1 Å². The Bertz CT molecular complexity index is 688. The fourth-order valence-corrected chi connectivity index (χ4v) is 2.71. The summed E-state index contributed by atoms with van der Waals surface area (Å²) in [6, 6.07) is 12.5. The average Bonchev–Trinajstić information content (AvgIpc) is 2.56. The Morgan fingerprint density at radius 3 is 2.20 bits per heavy atom. The summed E-state index contributed by atoms with van der Waals surface area (Å²) in [4.78, 5) is 11.9. The van der Waals surface area contributed by atoms with E-state index in [0.717, 1.165) is 23.4 Å². The summed E-state index contributed by atoms with van der Waals surface area (Å²) in [6.07, 6.45) is -4.73. The van der Waals surface area contributed by atoms with E-state index in [4.69, 9.17) is 4.74 Å². The van der Waals surface area contributed by atoms with Crippen molar-refractivity contribution in [2.45, 2.75) is 12.1 Å². The van der Waals surface area contributed by atoms with Gasteiger partial charge in [0.2, 0.25) is 5.91 Å². The minimum atomic E-state index is -4.73. The van der Waals surface area contributed by atoms with E-state index in [0.29, 0.717) is 11.4 Å². The van der Waals surface area contributed by atoms with Gasteiger partial charge in [-0.2, -0.15) is 0 Å². The van der Waals surface area contributed by atoms with Gasteiger partial charge >= 0.3 is 6.36 Å². The highest BCUT2D eigenvalue weighted by Gasteiger charge is 2.30. The van der Waals surface area contributed by atoms with E-state index in [2.05, 4.69) is 10.1 Å². The molecule has 0 saturated carbocycles. The molecule has 0 fully saturated rings. The zero-order valence-electron chi connectivity index (χ0n) is 13.3. The summed E-state index contributed by atoms with van der Waals surface area (Å²) < 4.78 is 45.1. The fraction of sp³-hybridized carbons (Fsp3) is 0.235. The van der Waals surface area contributed by atoms with Crippen LogP contribution in [0, 0.1) is 0 Å². The van der Waals surface area contributed by atoms with Crippen LogP contribution in [0.15, 0.2) is 48.5 Å². The lowest BCUT2D eigenvalue weighted by molar-refractivity contribution is -0.274. The number of anilines is 1. The van der Waals surface area contributed by atoms with Crippen LogP contribution in [0.4, 0.5) is 18.9 Å². The summed E-state index contributed by atoms with van der Waals surface area (Å²) in [7, 11) is 1.59. The molecule has 0 bridgehead atoms. The van der Waals surface area contributed by atoms with Crippen molar-refractivity contribution in [1.29, 1.82) is 0 Å². The topological polar surface area (TPSA) is 47.6 Å². The lowest BCUT2D eigenvalue weighted by Crippen LogP contribution is -2.17. The molecular weight excluding hydrogens is 355 g/mol. The second-order valence-electron chi connectivity index (χ2n) is 4.96. The lowest BCUT2D eigenvalue weighted by atomic mass is 10.2. The Kier molecular flexibility index (Phi) is 6.58. The zero-order valence-corrected chi connectivity index (χ0v) is 14.1. The summed E-state index contributed by atoms with van der Waals surface area (Å²) in [6.45, 7) is 0. The number of carbonyl (C=O) groups excluding carboxylic acids is 1. The molecule has 25 heavy (non-hydrogen) atoms. The molecule has 0 unspecified atom stereocenters. The first-order valence-electron chi connectivity index (χ1n) is 7.22. The zero-order chi connectivity index (χ0) is 18.3. The molecule has 4 nitrogen and oxygen atoms in total. The SMILES string of the molecule is COc1ccc(CSCC(=O)Nc2ccc(OC(F)(F)F)cc2)cc1. The average molecular weight is 371 g/mol. The molecule has 0 aliphatic rings. The van der Waals surface area contributed by atoms with Crippen molar-refractivity contribution in [2.24, 2.45) is 0 Å². The summed E-state index contributed by atoms with van der Waals surface area (Å²) >= 11 is 1.43. The monoisotopic (exact) mass is 371 g/mol. The molecule has 1 amide bonds. The Balaban J connectivity index is 1.76. The number of ether oxygens (including phenoxy) is 2. The van der Waals surface area contributed by atoms with Crippen LogP contribution < -0.4 is 14.8 Å². The molecule has 2 aromatic carbocycles. The Morgan fingerprint density at radius 2 is 1.64 bits per heavy atom. The van der Waals surface area contributed by atoms with E-state index in [1.807, 2.05) is 24.3 Å². The summed E-state index contributed by atoms with van der Waals surface area (Å²) in [5, 5.41) is 2.62. The molecule has 0 spiro atoms. The van der Waals surface area contributed by atoms with E-state index in [1.165, 1.54) is 23.9 Å². The van der Waals surface area contributed by atoms with Crippen molar-refractivity contribution in [1.82, 2.24) is 0 Å². The third kappa shape index (κ3) is 6.96. The van der Waals surface area contributed by atoms with Gasteiger partial charge in [-0.3, -0.25) is 4.79 Å². The number of nitrogens with one attached hydrogen (secondary N) is 1. The first-order chi connectivity index (χ1) is 11.9. The van der Waals surface area contributed by atoms with Crippen LogP contribution in [0.5, 0.6) is 11.5 Å². The predicted molar refractivity (Wildman–Crippen MR) is 90.9 cm³/mol. The smallest absolute Gasteiger partial charge is 0.497 e. The number of hydrogen-bond acceptors (Lipinski definition) is 4. The maximum atomic E-state index is 12.1. The van der Waals surface area contributed by atoms with Crippen molar-refractivity contribution >= 4 is 23.4 Å². The molecule has 0 radical (unpaired) electrons. The molecule has 0 aromatic heterocycles. The van der Waals surface area contributed by atoms with Gasteiger partial charge in [0.25, 0.3) is 0 Å². The molecule has 2 aromatic rings. The molecule has 2 rings (SSSR count). The minimum Gasteiger partial charge on any atom is -0.497 e. The molecule has 0 aliphatic carbocycles.